The van der Waals surface area contributed by atoms with Gasteiger partial charge >= 0.3 is 0 Å². The van der Waals surface area contributed by atoms with Crippen molar-refractivity contribution in [2.75, 3.05) is 14.2 Å². The molecular weight excluding hydrogens is 340 g/mol. The fraction of sp³-hybridized carbons (Fsp3) is 0.957. The number of carbonyl (C=O) groups excluding carboxylic acids is 1. The molecule has 4 heteroatoms. The van der Waals surface area contributed by atoms with Crippen LogP contribution in [0, 0.1) is 34.5 Å². The summed E-state index contributed by atoms with van der Waals surface area (Å²) in [4.78, 5) is 12.4. The van der Waals surface area contributed by atoms with Crippen LogP contribution in [0.5, 0.6) is 0 Å². The minimum atomic E-state index is -0.779. The lowest BCUT2D eigenvalue weighted by molar-refractivity contribution is -0.251. The number of aliphatic hydroxyl groups is 1. The first-order chi connectivity index (χ1) is 12.7. The zero-order chi connectivity index (χ0) is 19.6. The topological polar surface area (TPSA) is 55.8 Å². The highest BCUT2D eigenvalue weighted by atomic mass is 16.5. The van der Waals surface area contributed by atoms with Crippen molar-refractivity contribution in [3.8, 4) is 0 Å². The van der Waals surface area contributed by atoms with E-state index in [2.05, 4.69) is 13.8 Å². The molecule has 4 aliphatic rings. The molecule has 0 bridgehead atoms. The van der Waals surface area contributed by atoms with Crippen LogP contribution in [-0.2, 0) is 14.3 Å². The summed E-state index contributed by atoms with van der Waals surface area (Å²) in [5.41, 5.74) is -0.985. The molecule has 9 atom stereocenters. The molecule has 154 valence electrons. The molecule has 0 aromatic heterocycles. The predicted octanol–water partition coefficient (Wildman–Crippen LogP) is 3.99. The van der Waals surface area contributed by atoms with Gasteiger partial charge in [-0.1, -0.05) is 13.8 Å². The first kappa shape index (κ1) is 19.8. The number of ketones is 1. The van der Waals surface area contributed by atoms with Crippen molar-refractivity contribution in [1.29, 1.82) is 0 Å². The first-order valence-electron chi connectivity index (χ1n) is 11.0. The molecule has 4 rings (SSSR count). The molecule has 4 aliphatic carbocycles. The zero-order valence-corrected chi connectivity index (χ0v) is 17.8. The van der Waals surface area contributed by atoms with Gasteiger partial charge in [-0.2, -0.15) is 0 Å². The molecular formula is C23H38O4. The van der Waals surface area contributed by atoms with Gasteiger partial charge in [0.25, 0.3) is 0 Å². The SMILES string of the molecule is COC1CCC2(C)C(CCC3C2CC(OC)C2(C)C(C(C)=O)CCC32O)C1. The Kier molecular flexibility index (Phi) is 4.80. The van der Waals surface area contributed by atoms with Gasteiger partial charge in [-0.05, 0) is 81.5 Å². The molecule has 0 saturated heterocycles. The third-order valence-electron chi connectivity index (χ3n) is 9.97. The number of hydrogen-bond donors (Lipinski definition) is 1. The van der Waals surface area contributed by atoms with Gasteiger partial charge in [0.2, 0.25) is 0 Å². The van der Waals surface area contributed by atoms with Crippen molar-refractivity contribution in [3.05, 3.63) is 0 Å². The molecule has 4 saturated carbocycles. The summed E-state index contributed by atoms with van der Waals surface area (Å²) in [6.45, 7) is 6.31. The molecule has 27 heavy (non-hydrogen) atoms. The number of ether oxygens (including phenoxy) is 2. The maximum absolute atomic E-state index is 12.4. The Hall–Kier alpha value is -0.450. The van der Waals surface area contributed by atoms with Crippen LogP contribution in [0.4, 0.5) is 0 Å². The number of hydrogen-bond acceptors (Lipinski definition) is 4. The van der Waals surface area contributed by atoms with Crippen molar-refractivity contribution < 1.29 is 19.4 Å². The van der Waals surface area contributed by atoms with Gasteiger partial charge in [0, 0.05) is 25.6 Å². The van der Waals surface area contributed by atoms with E-state index in [1.807, 2.05) is 7.11 Å². The molecule has 0 aliphatic heterocycles. The van der Waals surface area contributed by atoms with E-state index in [0.717, 1.165) is 38.5 Å². The number of fused-ring (bicyclic) bond motifs is 5. The van der Waals surface area contributed by atoms with Gasteiger partial charge in [0.15, 0.2) is 0 Å². The monoisotopic (exact) mass is 378 g/mol. The van der Waals surface area contributed by atoms with Crippen LogP contribution >= 0.6 is 0 Å². The van der Waals surface area contributed by atoms with Crippen molar-refractivity contribution >= 4 is 5.78 Å². The van der Waals surface area contributed by atoms with Crippen molar-refractivity contribution in [1.82, 2.24) is 0 Å². The van der Waals surface area contributed by atoms with E-state index < -0.39 is 11.0 Å². The molecule has 9 unspecified atom stereocenters. The Balaban J connectivity index is 1.72. The molecule has 0 heterocycles. The van der Waals surface area contributed by atoms with Crippen LogP contribution in [0.1, 0.15) is 72.1 Å². The van der Waals surface area contributed by atoms with E-state index in [-0.39, 0.29) is 23.2 Å². The van der Waals surface area contributed by atoms with E-state index >= 15 is 0 Å². The van der Waals surface area contributed by atoms with Crippen LogP contribution in [0.3, 0.4) is 0 Å². The van der Waals surface area contributed by atoms with E-state index in [4.69, 9.17) is 9.47 Å². The Morgan fingerprint density at radius 2 is 1.70 bits per heavy atom. The first-order valence-corrected chi connectivity index (χ1v) is 11.0. The standard InChI is InChI=1S/C23H38O4/c1-14(24)17-9-11-23(25)18-7-6-15-12-16(26-4)8-10-21(15,2)19(18)13-20(27-5)22(17,23)3/h15-20,25H,6-13H2,1-5H3. The van der Waals surface area contributed by atoms with Crippen LogP contribution in [0.2, 0.25) is 0 Å². The average molecular weight is 379 g/mol. The Morgan fingerprint density at radius 1 is 0.963 bits per heavy atom. The number of methoxy groups -OCH3 is 2. The van der Waals surface area contributed by atoms with Crippen molar-refractivity contribution in [3.63, 3.8) is 0 Å². The minimum absolute atomic E-state index is 0.0455. The molecule has 4 nitrogen and oxygen atoms in total. The number of Topliss-reactive ketones (excluding diaryl/α,β-unsaturated/α-hetero) is 1. The normalized spacial score (nSPS) is 54.7. The largest absolute Gasteiger partial charge is 0.389 e. The van der Waals surface area contributed by atoms with Crippen LogP contribution in [0.15, 0.2) is 0 Å². The van der Waals surface area contributed by atoms with Gasteiger partial charge in [0.1, 0.15) is 5.78 Å². The van der Waals surface area contributed by atoms with Crippen molar-refractivity contribution in [2.45, 2.75) is 89.9 Å². The highest BCUT2D eigenvalue weighted by Crippen LogP contribution is 2.69. The predicted molar refractivity (Wildman–Crippen MR) is 104 cm³/mol. The van der Waals surface area contributed by atoms with Gasteiger partial charge < -0.3 is 14.6 Å². The minimum Gasteiger partial charge on any atom is -0.389 e. The average Bonchev–Trinajstić information content (AvgIpc) is 2.93. The fourth-order valence-electron chi connectivity index (χ4n) is 8.34. The van der Waals surface area contributed by atoms with Gasteiger partial charge in [-0.25, -0.2) is 0 Å². The lowest BCUT2D eigenvalue weighted by Crippen LogP contribution is -2.67. The molecule has 0 radical (unpaired) electrons. The van der Waals surface area contributed by atoms with E-state index in [9.17, 15) is 9.90 Å². The summed E-state index contributed by atoms with van der Waals surface area (Å²) in [7, 11) is 3.62. The van der Waals surface area contributed by atoms with Gasteiger partial charge in [0.05, 0.1) is 17.8 Å². The fourth-order valence-corrected chi connectivity index (χ4v) is 8.34. The lowest BCUT2D eigenvalue weighted by atomic mass is 9.42. The van der Waals surface area contributed by atoms with E-state index in [1.54, 1.807) is 14.0 Å². The Bertz CT molecular complexity index is 605. The number of rotatable bonds is 3. The summed E-state index contributed by atoms with van der Waals surface area (Å²) in [5.74, 6) is 1.58. The molecule has 0 aromatic carbocycles. The second kappa shape index (κ2) is 6.53. The smallest absolute Gasteiger partial charge is 0.133 e. The maximum atomic E-state index is 12.4. The van der Waals surface area contributed by atoms with Gasteiger partial charge in [-0.3, -0.25) is 4.79 Å². The summed E-state index contributed by atoms with van der Waals surface area (Å²) in [6.07, 6.45) is 8.58. The summed E-state index contributed by atoms with van der Waals surface area (Å²) in [5, 5.41) is 12.1. The lowest BCUT2D eigenvalue weighted by Gasteiger charge is -2.65. The van der Waals surface area contributed by atoms with Crippen LogP contribution in [-0.4, -0.2) is 42.9 Å². The van der Waals surface area contributed by atoms with E-state index in [0.29, 0.717) is 23.9 Å². The molecule has 0 aromatic rings. The summed E-state index contributed by atoms with van der Waals surface area (Å²) >= 11 is 0. The maximum Gasteiger partial charge on any atom is 0.133 e. The molecule has 4 fully saturated rings. The quantitative estimate of drug-likeness (QED) is 0.807. The Morgan fingerprint density at radius 3 is 2.33 bits per heavy atom. The second-order valence-electron chi connectivity index (χ2n) is 10.5. The zero-order valence-electron chi connectivity index (χ0n) is 17.8. The third-order valence-corrected chi connectivity index (χ3v) is 9.97. The molecule has 0 spiro atoms. The van der Waals surface area contributed by atoms with Crippen LogP contribution < -0.4 is 0 Å². The van der Waals surface area contributed by atoms with Crippen molar-refractivity contribution in [2.24, 2.45) is 34.5 Å². The Labute approximate surface area is 164 Å². The second-order valence-corrected chi connectivity index (χ2v) is 10.5. The summed E-state index contributed by atoms with van der Waals surface area (Å²) < 4.78 is 11.7. The number of carbonyl (C=O) groups is 1. The highest BCUT2D eigenvalue weighted by molar-refractivity contribution is 5.80. The highest BCUT2D eigenvalue weighted by Gasteiger charge is 2.71. The van der Waals surface area contributed by atoms with Crippen LogP contribution in [0.25, 0.3) is 0 Å². The third kappa shape index (κ3) is 2.48. The van der Waals surface area contributed by atoms with Gasteiger partial charge in [-0.15, -0.1) is 0 Å². The summed E-state index contributed by atoms with van der Waals surface area (Å²) in [6, 6.07) is 0. The molecule has 0 amide bonds. The van der Waals surface area contributed by atoms with E-state index in [1.165, 1.54) is 12.8 Å². The molecule has 1 N–H and O–H groups in total.